The normalized spacial score (nSPS) is 11.5. The highest BCUT2D eigenvalue weighted by Crippen LogP contribution is 2.30. The summed E-state index contributed by atoms with van der Waals surface area (Å²) >= 11 is 9.63. The molecule has 9 heteroatoms. The van der Waals surface area contributed by atoms with E-state index >= 15 is 0 Å². The number of fused-ring (bicyclic) bond motifs is 1. The van der Waals surface area contributed by atoms with E-state index < -0.39 is 5.97 Å². The second kappa shape index (κ2) is 9.72. The number of aromatic nitrogens is 2. The van der Waals surface area contributed by atoms with Gasteiger partial charge < -0.3 is 9.52 Å². The second-order valence-corrected chi connectivity index (χ2v) is 8.68. The molecule has 0 aliphatic heterocycles. The van der Waals surface area contributed by atoms with Crippen molar-refractivity contribution in [3.8, 4) is 11.3 Å². The van der Waals surface area contributed by atoms with Crippen LogP contribution in [-0.4, -0.2) is 27.0 Å². The molecule has 0 radical (unpaired) electrons. The number of aromatic carboxylic acids is 1. The van der Waals surface area contributed by atoms with E-state index in [1.807, 2.05) is 6.07 Å². The molecule has 7 nitrogen and oxygen atoms in total. The molecule has 0 aliphatic carbocycles. The fourth-order valence-corrected chi connectivity index (χ4v) is 3.91. The van der Waals surface area contributed by atoms with Crippen LogP contribution in [0.4, 0.5) is 0 Å². The fraction of sp³-hybridized carbons (Fsp3) is 0.167. The minimum atomic E-state index is -1.06. The number of carboxylic acids is 1. The van der Waals surface area contributed by atoms with Crippen molar-refractivity contribution >= 4 is 50.6 Å². The number of unbranched alkanes of at least 4 members (excludes halogenated alkanes) is 1. The molecule has 0 fully saturated rings. The van der Waals surface area contributed by atoms with Crippen LogP contribution >= 0.6 is 27.5 Å². The van der Waals surface area contributed by atoms with E-state index in [-0.39, 0.29) is 11.1 Å². The summed E-state index contributed by atoms with van der Waals surface area (Å²) in [5.41, 5.74) is 0.900. The first-order valence-electron chi connectivity index (χ1n) is 10.3. The molecule has 0 bridgehead atoms. The van der Waals surface area contributed by atoms with Gasteiger partial charge in [-0.3, -0.25) is 4.79 Å². The van der Waals surface area contributed by atoms with Crippen molar-refractivity contribution in [2.24, 2.45) is 5.10 Å². The summed E-state index contributed by atoms with van der Waals surface area (Å²) in [4.78, 5) is 29.1. The number of benzene rings is 2. The van der Waals surface area contributed by atoms with Gasteiger partial charge in [-0.25, -0.2) is 9.78 Å². The second-order valence-electron chi connectivity index (χ2n) is 7.36. The lowest BCUT2D eigenvalue weighted by molar-refractivity contribution is 0.0697. The van der Waals surface area contributed by atoms with Gasteiger partial charge in [0.2, 0.25) is 0 Å². The molecule has 168 valence electrons. The van der Waals surface area contributed by atoms with Crippen LogP contribution in [0.1, 0.15) is 41.7 Å². The molecule has 33 heavy (non-hydrogen) atoms. The average Bonchev–Trinajstić information content (AvgIpc) is 3.26. The Morgan fingerprint density at radius 3 is 2.82 bits per heavy atom. The van der Waals surface area contributed by atoms with Gasteiger partial charge in [0.1, 0.15) is 17.3 Å². The highest BCUT2D eigenvalue weighted by Gasteiger charge is 2.13. The number of carboxylic acid groups (broad SMARTS) is 1. The van der Waals surface area contributed by atoms with Crippen LogP contribution in [0, 0.1) is 0 Å². The number of hydrogen-bond acceptors (Lipinski definition) is 5. The van der Waals surface area contributed by atoms with Gasteiger partial charge in [-0.15, -0.1) is 0 Å². The summed E-state index contributed by atoms with van der Waals surface area (Å²) in [6.07, 6.45) is 3.86. The number of aryl methyl sites for hydroxylation is 1. The van der Waals surface area contributed by atoms with Crippen molar-refractivity contribution in [2.75, 3.05) is 0 Å². The Morgan fingerprint density at radius 2 is 2.06 bits per heavy atom. The topological polar surface area (TPSA) is 97.7 Å². The largest absolute Gasteiger partial charge is 0.478 e. The SMILES string of the molecule is CCCCc1nc2ccc(Br)cc2c(=O)n1N=Cc1ccc(-c2cc(C(=O)O)ccc2Cl)o1. The summed E-state index contributed by atoms with van der Waals surface area (Å²) < 4.78 is 7.88. The maximum Gasteiger partial charge on any atom is 0.335 e. The van der Waals surface area contributed by atoms with E-state index in [4.69, 9.17) is 16.0 Å². The van der Waals surface area contributed by atoms with Crippen LogP contribution in [0.5, 0.6) is 0 Å². The number of rotatable bonds is 7. The maximum atomic E-state index is 13.1. The number of halogens is 2. The van der Waals surface area contributed by atoms with Gasteiger partial charge in [0.05, 0.1) is 27.7 Å². The predicted molar refractivity (Wildman–Crippen MR) is 131 cm³/mol. The fourth-order valence-electron chi connectivity index (χ4n) is 3.34. The first-order chi connectivity index (χ1) is 15.9. The summed E-state index contributed by atoms with van der Waals surface area (Å²) in [6.45, 7) is 2.07. The van der Waals surface area contributed by atoms with Crippen molar-refractivity contribution in [2.45, 2.75) is 26.2 Å². The van der Waals surface area contributed by atoms with Gasteiger partial charge in [-0.1, -0.05) is 40.9 Å². The Morgan fingerprint density at radius 1 is 1.24 bits per heavy atom. The third-order valence-corrected chi connectivity index (χ3v) is 5.86. The molecule has 4 rings (SSSR count). The van der Waals surface area contributed by atoms with E-state index in [0.717, 1.165) is 17.3 Å². The quantitative estimate of drug-likeness (QED) is 0.297. The monoisotopic (exact) mass is 527 g/mol. The molecule has 0 amide bonds. The van der Waals surface area contributed by atoms with E-state index in [1.54, 1.807) is 24.3 Å². The zero-order valence-corrected chi connectivity index (χ0v) is 19.9. The number of furan rings is 1. The summed E-state index contributed by atoms with van der Waals surface area (Å²) in [6, 6.07) is 13.1. The van der Waals surface area contributed by atoms with Crippen molar-refractivity contribution in [3.05, 3.63) is 85.5 Å². The highest BCUT2D eigenvalue weighted by molar-refractivity contribution is 9.10. The molecule has 0 spiro atoms. The molecule has 1 N–H and O–H groups in total. The lowest BCUT2D eigenvalue weighted by Gasteiger charge is -2.09. The van der Waals surface area contributed by atoms with Crippen molar-refractivity contribution in [3.63, 3.8) is 0 Å². The van der Waals surface area contributed by atoms with Crippen LogP contribution in [-0.2, 0) is 6.42 Å². The lowest BCUT2D eigenvalue weighted by atomic mass is 10.1. The standard InChI is InChI=1S/C24H19BrClN3O4/c1-2-3-4-22-28-20-9-6-15(25)12-18(20)23(30)29(22)27-13-16-7-10-21(33-16)17-11-14(24(31)32)5-8-19(17)26/h5-13H,2-4H2,1H3,(H,31,32). The molecular weight excluding hydrogens is 510 g/mol. The highest BCUT2D eigenvalue weighted by atomic mass is 79.9. The molecule has 0 saturated carbocycles. The van der Waals surface area contributed by atoms with E-state index in [0.29, 0.717) is 45.3 Å². The smallest absolute Gasteiger partial charge is 0.335 e. The van der Waals surface area contributed by atoms with Crippen LogP contribution in [0.3, 0.4) is 0 Å². The molecule has 0 aliphatic rings. The Hall–Kier alpha value is -3.23. The predicted octanol–water partition coefficient (Wildman–Crippen LogP) is 6.00. The van der Waals surface area contributed by atoms with Gasteiger partial charge >= 0.3 is 5.97 Å². The Kier molecular flexibility index (Phi) is 6.76. The Bertz CT molecular complexity index is 1440. The minimum absolute atomic E-state index is 0.0986. The molecular formula is C24H19BrClN3O4. The van der Waals surface area contributed by atoms with Crippen molar-refractivity contribution in [1.82, 2.24) is 9.66 Å². The minimum Gasteiger partial charge on any atom is -0.478 e. The van der Waals surface area contributed by atoms with Crippen molar-refractivity contribution in [1.29, 1.82) is 0 Å². The first-order valence-corrected chi connectivity index (χ1v) is 11.4. The van der Waals surface area contributed by atoms with Gasteiger partial charge in [-0.2, -0.15) is 9.78 Å². The Balaban J connectivity index is 1.73. The van der Waals surface area contributed by atoms with Gasteiger partial charge in [0, 0.05) is 16.5 Å². The molecule has 2 heterocycles. The number of carbonyl (C=O) groups is 1. The van der Waals surface area contributed by atoms with E-state index in [2.05, 4.69) is 32.9 Å². The summed E-state index contributed by atoms with van der Waals surface area (Å²) in [5, 5.41) is 14.4. The first kappa shape index (κ1) is 22.9. The zero-order valence-electron chi connectivity index (χ0n) is 17.6. The third-order valence-electron chi connectivity index (χ3n) is 5.04. The summed E-state index contributed by atoms with van der Waals surface area (Å²) in [5.74, 6) is 0.278. The lowest BCUT2D eigenvalue weighted by Crippen LogP contribution is -2.22. The summed E-state index contributed by atoms with van der Waals surface area (Å²) in [7, 11) is 0. The van der Waals surface area contributed by atoms with Gasteiger partial charge in [0.15, 0.2) is 0 Å². The van der Waals surface area contributed by atoms with E-state index in [9.17, 15) is 14.7 Å². The third kappa shape index (κ3) is 4.91. The van der Waals surface area contributed by atoms with Crippen LogP contribution < -0.4 is 5.56 Å². The molecule has 4 aromatic rings. The number of hydrogen-bond donors (Lipinski definition) is 1. The molecule has 0 saturated heterocycles. The Labute approximate surface area is 202 Å². The molecule has 2 aromatic heterocycles. The molecule has 0 unspecified atom stereocenters. The van der Waals surface area contributed by atoms with Crippen molar-refractivity contribution < 1.29 is 14.3 Å². The number of nitrogens with zero attached hydrogens (tertiary/aromatic N) is 3. The molecule has 2 aromatic carbocycles. The van der Waals surface area contributed by atoms with Crippen LogP contribution in [0.25, 0.3) is 22.2 Å². The maximum absolute atomic E-state index is 13.1. The zero-order chi connectivity index (χ0) is 23.5. The van der Waals surface area contributed by atoms with Gasteiger partial charge in [0.25, 0.3) is 5.56 Å². The van der Waals surface area contributed by atoms with Crippen LogP contribution in [0.15, 0.2) is 67.3 Å². The van der Waals surface area contributed by atoms with E-state index in [1.165, 1.54) is 29.1 Å². The van der Waals surface area contributed by atoms with Gasteiger partial charge in [-0.05, 0) is 55.0 Å². The van der Waals surface area contributed by atoms with Crippen LogP contribution in [0.2, 0.25) is 5.02 Å². The average molecular weight is 529 g/mol. The molecule has 0 atom stereocenters.